The predicted molar refractivity (Wildman–Crippen MR) is 106 cm³/mol. The van der Waals surface area contributed by atoms with E-state index in [1.165, 1.54) is 16.0 Å². The van der Waals surface area contributed by atoms with E-state index in [1.807, 2.05) is 18.2 Å². The van der Waals surface area contributed by atoms with Gasteiger partial charge in [0.15, 0.2) is 0 Å². The van der Waals surface area contributed by atoms with Gasteiger partial charge in [-0.25, -0.2) is 0 Å². The van der Waals surface area contributed by atoms with Crippen molar-refractivity contribution in [2.45, 2.75) is 25.9 Å². The molecule has 26 heavy (non-hydrogen) atoms. The molecule has 4 rings (SSSR count). The van der Waals surface area contributed by atoms with Crippen molar-refractivity contribution in [1.29, 1.82) is 0 Å². The summed E-state index contributed by atoms with van der Waals surface area (Å²) in [5, 5.41) is 9.14. The van der Waals surface area contributed by atoms with Crippen molar-refractivity contribution < 1.29 is 14.6 Å². The van der Waals surface area contributed by atoms with Gasteiger partial charge >= 0.3 is 5.97 Å². The molecule has 0 atom stereocenters. The van der Waals surface area contributed by atoms with Gasteiger partial charge in [0.2, 0.25) is 0 Å². The minimum atomic E-state index is -0.786. The third kappa shape index (κ3) is 3.65. The van der Waals surface area contributed by atoms with Crippen LogP contribution in [-0.4, -0.2) is 36.1 Å². The maximum Gasteiger partial charge on any atom is 0.308 e. The highest BCUT2D eigenvalue weighted by atomic mass is 35.5. The first-order valence-electron chi connectivity index (χ1n) is 8.58. The number of nitrogens with zero attached hydrogens (tertiary/aromatic N) is 1. The maximum absolute atomic E-state index is 11.1. The average Bonchev–Trinajstić information content (AvgIpc) is 2.90. The van der Waals surface area contributed by atoms with E-state index in [9.17, 15) is 4.79 Å². The third-order valence-corrected chi connectivity index (χ3v) is 6.09. The van der Waals surface area contributed by atoms with Crippen LogP contribution in [0.25, 0.3) is 5.57 Å². The van der Waals surface area contributed by atoms with E-state index in [0.29, 0.717) is 6.61 Å². The van der Waals surface area contributed by atoms with Crippen LogP contribution in [0, 0.1) is 0 Å². The number of aliphatic carboxylic acids is 1. The summed E-state index contributed by atoms with van der Waals surface area (Å²) in [5.74, 6) is 0.137. The molecule has 0 bridgehead atoms. The van der Waals surface area contributed by atoms with Gasteiger partial charge in [0.25, 0.3) is 0 Å². The molecule has 1 N–H and O–H groups in total. The highest BCUT2D eigenvalue weighted by molar-refractivity contribution is 7.13. The molecule has 4 nitrogen and oxygen atoms in total. The van der Waals surface area contributed by atoms with Gasteiger partial charge in [0, 0.05) is 39.5 Å². The van der Waals surface area contributed by atoms with Crippen LogP contribution >= 0.6 is 23.7 Å². The van der Waals surface area contributed by atoms with Crippen molar-refractivity contribution in [3.63, 3.8) is 0 Å². The van der Waals surface area contributed by atoms with E-state index in [2.05, 4.69) is 24.1 Å². The Balaban J connectivity index is 0.00000196. The van der Waals surface area contributed by atoms with Gasteiger partial charge in [0.05, 0.1) is 6.42 Å². The lowest BCUT2D eigenvalue weighted by Crippen LogP contribution is -2.26. The number of para-hydroxylation sites is 1. The molecular weight excluding hydrogens is 370 g/mol. The average molecular weight is 392 g/mol. The second-order valence-corrected chi connectivity index (χ2v) is 7.84. The number of likely N-dealkylation sites (tertiary alicyclic amines) is 1. The van der Waals surface area contributed by atoms with Crippen LogP contribution in [0.1, 0.15) is 33.7 Å². The molecule has 1 aromatic carbocycles. The van der Waals surface area contributed by atoms with Crippen molar-refractivity contribution in [2.24, 2.45) is 0 Å². The highest BCUT2D eigenvalue weighted by Crippen LogP contribution is 2.44. The lowest BCUT2D eigenvalue weighted by molar-refractivity contribution is -0.136. The first-order valence-corrected chi connectivity index (χ1v) is 9.40. The van der Waals surface area contributed by atoms with E-state index >= 15 is 0 Å². The largest absolute Gasteiger partial charge is 0.488 e. The third-order valence-electron chi connectivity index (χ3n) is 4.90. The Labute approximate surface area is 163 Å². The Morgan fingerprint density at radius 2 is 2.00 bits per heavy atom. The standard InChI is InChI=1S/C20H21NO3S.ClH/c1-21-8-6-13(7-9-21)19-16-4-2-3-5-17(16)24-12-14-10-15(11-18(22)23)25-20(14)19;/h2-5,10H,6-9,11-12H2,1H3,(H,22,23);1H. The summed E-state index contributed by atoms with van der Waals surface area (Å²) < 4.78 is 6.05. The summed E-state index contributed by atoms with van der Waals surface area (Å²) in [4.78, 5) is 15.6. The van der Waals surface area contributed by atoms with E-state index in [1.54, 1.807) is 11.3 Å². The molecule has 3 heterocycles. The Hall–Kier alpha value is -1.82. The normalized spacial score (nSPS) is 16.8. The monoisotopic (exact) mass is 391 g/mol. The van der Waals surface area contributed by atoms with Crippen LogP contribution in [0.4, 0.5) is 0 Å². The van der Waals surface area contributed by atoms with Gasteiger partial charge in [-0.2, -0.15) is 0 Å². The topological polar surface area (TPSA) is 49.8 Å². The second kappa shape index (κ2) is 7.82. The molecule has 2 aliphatic rings. The molecule has 1 fully saturated rings. The number of thiophene rings is 1. The van der Waals surface area contributed by atoms with Gasteiger partial charge in [-0.3, -0.25) is 4.79 Å². The van der Waals surface area contributed by atoms with Crippen LogP contribution in [0.5, 0.6) is 5.75 Å². The fourth-order valence-electron chi connectivity index (χ4n) is 3.61. The van der Waals surface area contributed by atoms with Gasteiger partial charge in [0.1, 0.15) is 12.4 Å². The number of carboxylic acid groups (broad SMARTS) is 1. The molecule has 2 aliphatic heterocycles. The number of carbonyl (C=O) groups is 1. The van der Waals surface area contributed by atoms with Gasteiger partial charge in [-0.15, -0.1) is 23.7 Å². The lowest BCUT2D eigenvalue weighted by atomic mass is 9.91. The number of carboxylic acids is 1. The first kappa shape index (κ1) is 19.0. The lowest BCUT2D eigenvalue weighted by Gasteiger charge is -2.26. The molecule has 2 aromatic rings. The highest BCUT2D eigenvalue weighted by Gasteiger charge is 2.26. The quantitative estimate of drug-likeness (QED) is 0.832. The molecule has 0 amide bonds. The van der Waals surface area contributed by atoms with Crippen LogP contribution in [-0.2, 0) is 17.8 Å². The molecule has 1 saturated heterocycles. The Bertz CT molecular complexity index is 848. The summed E-state index contributed by atoms with van der Waals surface area (Å²) in [7, 11) is 2.16. The number of hydrogen-bond acceptors (Lipinski definition) is 4. The van der Waals surface area contributed by atoms with E-state index < -0.39 is 5.97 Å². The van der Waals surface area contributed by atoms with E-state index in [-0.39, 0.29) is 18.8 Å². The number of fused-ring (bicyclic) bond motifs is 2. The van der Waals surface area contributed by atoms with Gasteiger partial charge in [-0.1, -0.05) is 23.8 Å². The molecular formula is C20H22ClNO3S. The fourth-order valence-corrected chi connectivity index (χ4v) is 4.87. The summed E-state index contributed by atoms with van der Waals surface area (Å²) in [6.45, 7) is 2.62. The number of benzene rings is 1. The Morgan fingerprint density at radius 3 is 2.73 bits per heavy atom. The summed E-state index contributed by atoms with van der Waals surface area (Å²) in [6.07, 6.45) is 2.17. The van der Waals surface area contributed by atoms with E-state index in [0.717, 1.165) is 47.7 Å². The van der Waals surface area contributed by atoms with Gasteiger partial charge in [-0.05, 0) is 32.0 Å². The summed E-state index contributed by atoms with van der Waals surface area (Å²) in [6, 6.07) is 10.2. The van der Waals surface area contributed by atoms with Crippen molar-refractivity contribution in [2.75, 3.05) is 20.1 Å². The number of halogens is 1. The fraction of sp³-hybridized carbons (Fsp3) is 0.350. The number of rotatable bonds is 2. The molecule has 0 unspecified atom stereocenters. The molecule has 0 radical (unpaired) electrons. The van der Waals surface area contributed by atoms with Crippen molar-refractivity contribution >= 4 is 35.3 Å². The van der Waals surface area contributed by atoms with E-state index in [4.69, 9.17) is 9.84 Å². The SMILES string of the molecule is CN1CCC(=C2c3ccccc3OCc3cc(CC(=O)O)sc32)CC1.Cl. The zero-order valence-corrected chi connectivity index (χ0v) is 16.3. The first-order chi connectivity index (χ1) is 12.1. The molecule has 6 heteroatoms. The summed E-state index contributed by atoms with van der Waals surface area (Å²) >= 11 is 1.61. The minimum Gasteiger partial charge on any atom is -0.488 e. The molecule has 0 saturated carbocycles. The second-order valence-electron chi connectivity index (χ2n) is 6.70. The molecule has 0 aliphatic carbocycles. The Morgan fingerprint density at radius 1 is 1.27 bits per heavy atom. The zero-order valence-electron chi connectivity index (χ0n) is 14.7. The van der Waals surface area contributed by atoms with Crippen molar-refractivity contribution in [3.05, 3.63) is 56.8 Å². The summed E-state index contributed by atoms with van der Waals surface area (Å²) in [5.41, 5.74) is 4.99. The van der Waals surface area contributed by atoms with Gasteiger partial charge < -0.3 is 14.7 Å². The van der Waals surface area contributed by atoms with Crippen LogP contribution < -0.4 is 4.74 Å². The Kier molecular flexibility index (Phi) is 5.70. The van der Waals surface area contributed by atoms with Crippen molar-refractivity contribution in [3.8, 4) is 5.75 Å². The maximum atomic E-state index is 11.1. The van der Waals surface area contributed by atoms with Crippen LogP contribution in [0.3, 0.4) is 0 Å². The number of hydrogen-bond donors (Lipinski definition) is 1. The predicted octanol–water partition coefficient (Wildman–Crippen LogP) is 4.22. The molecule has 0 spiro atoms. The van der Waals surface area contributed by atoms with Crippen LogP contribution in [0.15, 0.2) is 35.9 Å². The number of ether oxygens (including phenoxy) is 1. The minimum absolute atomic E-state index is 0. The zero-order chi connectivity index (χ0) is 17.4. The van der Waals surface area contributed by atoms with Crippen LogP contribution in [0.2, 0.25) is 0 Å². The number of piperidine rings is 1. The smallest absolute Gasteiger partial charge is 0.308 e. The molecule has 138 valence electrons. The van der Waals surface area contributed by atoms with Crippen molar-refractivity contribution in [1.82, 2.24) is 4.90 Å². The molecule has 1 aromatic heterocycles.